The van der Waals surface area contributed by atoms with Gasteiger partial charge in [-0.1, -0.05) is 30.3 Å². The molecule has 1 aliphatic rings. The molecule has 3 rings (SSSR count). The zero-order valence-electron chi connectivity index (χ0n) is 15.0. The third-order valence-corrected chi connectivity index (χ3v) is 4.64. The predicted octanol–water partition coefficient (Wildman–Crippen LogP) is 3.72. The number of hydrogen-bond donors (Lipinski definition) is 1. The molecule has 136 valence electrons. The third-order valence-electron chi connectivity index (χ3n) is 4.64. The Balaban J connectivity index is 1.65. The van der Waals surface area contributed by atoms with E-state index in [1.54, 1.807) is 24.3 Å². The second kappa shape index (κ2) is 8.52. The summed E-state index contributed by atoms with van der Waals surface area (Å²) in [4.78, 5) is 26.9. The van der Waals surface area contributed by atoms with Gasteiger partial charge in [-0.25, -0.2) is 0 Å². The van der Waals surface area contributed by atoms with Gasteiger partial charge in [-0.2, -0.15) is 0 Å². The Kier molecular flexibility index (Phi) is 5.89. The van der Waals surface area contributed by atoms with Crippen LogP contribution in [-0.2, 0) is 4.79 Å². The van der Waals surface area contributed by atoms with Crippen molar-refractivity contribution in [1.82, 2.24) is 4.90 Å². The van der Waals surface area contributed by atoms with E-state index in [1.165, 1.54) is 0 Å². The van der Waals surface area contributed by atoms with Crippen molar-refractivity contribution in [2.75, 3.05) is 18.5 Å². The Hall–Kier alpha value is -2.82. The van der Waals surface area contributed by atoms with Crippen LogP contribution in [0.4, 0.5) is 5.69 Å². The summed E-state index contributed by atoms with van der Waals surface area (Å²) in [5.41, 5.74) is 1.13. The van der Waals surface area contributed by atoms with E-state index < -0.39 is 0 Å². The van der Waals surface area contributed by atoms with Gasteiger partial charge in [-0.15, -0.1) is 0 Å². The number of anilines is 1. The van der Waals surface area contributed by atoms with Crippen LogP contribution < -0.4 is 10.1 Å². The highest BCUT2D eigenvalue weighted by Crippen LogP contribution is 2.21. The fraction of sp³-hybridized carbons (Fsp3) is 0.333. The van der Waals surface area contributed by atoms with Crippen molar-refractivity contribution in [3.8, 4) is 5.75 Å². The monoisotopic (exact) mass is 352 g/mol. The molecular weight excluding hydrogens is 328 g/mol. The smallest absolute Gasteiger partial charge is 0.260 e. The maximum atomic E-state index is 12.5. The zero-order chi connectivity index (χ0) is 18.4. The van der Waals surface area contributed by atoms with E-state index in [0.717, 1.165) is 25.8 Å². The van der Waals surface area contributed by atoms with E-state index in [0.29, 0.717) is 17.0 Å². The van der Waals surface area contributed by atoms with E-state index in [1.807, 2.05) is 35.2 Å². The minimum absolute atomic E-state index is 0.0320. The molecule has 26 heavy (non-hydrogen) atoms. The highest BCUT2D eigenvalue weighted by Gasteiger charge is 2.24. The van der Waals surface area contributed by atoms with E-state index in [4.69, 9.17) is 4.74 Å². The van der Waals surface area contributed by atoms with Gasteiger partial charge in [0.1, 0.15) is 5.75 Å². The highest BCUT2D eigenvalue weighted by molar-refractivity contribution is 6.06. The van der Waals surface area contributed by atoms with E-state index in [-0.39, 0.29) is 24.5 Å². The predicted molar refractivity (Wildman–Crippen MR) is 101 cm³/mol. The van der Waals surface area contributed by atoms with Gasteiger partial charge in [0.15, 0.2) is 6.61 Å². The van der Waals surface area contributed by atoms with Gasteiger partial charge < -0.3 is 15.0 Å². The molecule has 5 heteroatoms. The summed E-state index contributed by atoms with van der Waals surface area (Å²) in [6.45, 7) is 2.79. The first-order valence-electron chi connectivity index (χ1n) is 9.03. The number of benzene rings is 2. The van der Waals surface area contributed by atoms with Crippen molar-refractivity contribution in [2.24, 2.45) is 0 Å². The van der Waals surface area contributed by atoms with Crippen molar-refractivity contribution in [2.45, 2.75) is 32.2 Å². The van der Waals surface area contributed by atoms with Gasteiger partial charge >= 0.3 is 0 Å². The molecule has 1 aliphatic heterocycles. The summed E-state index contributed by atoms with van der Waals surface area (Å²) in [7, 11) is 0. The molecule has 1 fully saturated rings. The lowest BCUT2D eigenvalue weighted by Crippen LogP contribution is -2.44. The normalized spacial score (nSPS) is 16.8. The lowest BCUT2D eigenvalue weighted by molar-refractivity contribution is -0.136. The van der Waals surface area contributed by atoms with Crippen molar-refractivity contribution in [1.29, 1.82) is 0 Å². The Bertz CT molecular complexity index is 761. The number of likely N-dealkylation sites (tertiary alicyclic amines) is 1. The number of rotatable bonds is 5. The van der Waals surface area contributed by atoms with Crippen LogP contribution in [0.5, 0.6) is 5.75 Å². The number of amides is 2. The zero-order valence-corrected chi connectivity index (χ0v) is 15.0. The number of carbonyl (C=O) groups excluding carboxylic acids is 2. The third kappa shape index (κ3) is 4.42. The van der Waals surface area contributed by atoms with E-state index >= 15 is 0 Å². The van der Waals surface area contributed by atoms with Crippen LogP contribution >= 0.6 is 0 Å². The number of nitrogens with one attached hydrogen (secondary N) is 1. The van der Waals surface area contributed by atoms with Crippen LogP contribution in [0.3, 0.4) is 0 Å². The lowest BCUT2D eigenvalue weighted by Gasteiger charge is -2.33. The van der Waals surface area contributed by atoms with Gasteiger partial charge in [0.05, 0.1) is 5.56 Å². The summed E-state index contributed by atoms with van der Waals surface area (Å²) >= 11 is 0. The van der Waals surface area contributed by atoms with Gasteiger partial charge in [-0.05, 0) is 50.5 Å². The Labute approximate surface area is 154 Å². The average Bonchev–Trinajstić information content (AvgIpc) is 2.67. The van der Waals surface area contributed by atoms with Gasteiger partial charge in [-0.3, -0.25) is 9.59 Å². The van der Waals surface area contributed by atoms with Crippen LogP contribution in [0.25, 0.3) is 0 Å². The van der Waals surface area contributed by atoms with Crippen LogP contribution in [0, 0.1) is 0 Å². The topological polar surface area (TPSA) is 58.6 Å². The molecule has 1 unspecified atom stereocenters. The Morgan fingerprint density at radius 3 is 2.58 bits per heavy atom. The molecule has 0 spiro atoms. The van der Waals surface area contributed by atoms with E-state index in [2.05, 4.69) is 12.2 Å². The molecule has 2 amide bonds. The molecule has 5 nitrogen and oxygen atoms in total. The Morgan fingerprint density at radius 2 is 1.81 bits per heavy atom. The van der Waals surface area contributed by atoms with Crippen molar-refractivity contribution < 1.29 is 14.3 Å². The maximum Gasteiger partial charge on any atom is 0.260 e. The minimum Gasteiger partial charge on any atom is -0.483 e. The van der Waals surface area contributed by atoms with Crippen LogP contribution in [0.2, 0.25) is 0 Å². The number of piperidine rings is 1. The number of ether oxygens (including phenoxy) is 1. The van der Waals surface area contributed by atoms with Crippen LogP contribution in [0.1, 0.15) is 36.5 Å². The lowest BCUT2D eigenvalue weighted by atomic mass is 10.0. The first kappa shape index (κ1) is 18.0. The van der Waals surface area contributed by atoms with Gasteiger partial charge in [0.25, 0.3) is 11.8 Å². The number of nitrogens with zero attached hydrogens (tertiary/aromatic N) is 1. The standard InChI is InChI=1S/C21H24N2O3/c1-16-9-7-8-14-23(16)20(24)15-26-19-13-6-5-12-18(19)21(25)22-17-10-3-2-4-11-17/h2-6,10-13,16H,7-9,14-15H2,1H3,(H,22,25). The molecule has 1 atom stereocenters. The van der Waals surface area contributed by atoms with Crippen LogP contribution in [0.15, 0.2) is 54.6 Å². The molecule has 1 N–H and O–H groups in total. The molecule has 0 bridgehead atoms. The molecule has 2 aromatic carbocycles. The SMILES string of the molecule is CC1CCCCN1C(=O)COc1ccccc1C(=O)Nc1ccccc1. The molecule has 0 saturated carbocycles. The van der Waals surface area contributed by atoms with E-state index in [9.17, 15) is 9.59 Å². The summed E-state index contributed by atoms with van der Waals surface area (Å²) in [5, 5.41) is 2.84. The maximum absolute atomic E-state index is 12.5. The largest absolute Gasteiger partial charge is 0.483 e. The number of carbonyl (C=O) groups is 2. The number of hydrogen-bond acceptors (Lipinski definition) is 3. The molecule has 0 aliphatic carbocycles. The minimum atomic E-state index is -0.259. The average molecular weight is 352 g/mol. The van der Waals surface area contributed by atoms with Crippen molar-refractivity contribution in [3.63, 3.8) is 0 Å². The van der Waals surface area contributed by atoms with Gasteiger partial charge in [0.2, 0.25) is 0 Å². The summed E-state index contributed by atoms with van der Waals surface area (Å²) in [5.74, 6) is 0.125. The first-order chi connectivity index (χ1) is 12.6. The fourth-order valence-corrected chi connectivity index (χ4v) is 3.19. The molecule has 1 saturated heterocycles. The summed E-state index contributed by atoms with van der Waals surface area (Å²) in [6, 6.07) is 16.5. The summed E-state index contributed by atoms with van der Waals surface area (Å²) < 4.78 is 5.71. The fourth-order valence-electron chi connectivity index (χ4n) is 3.19. The Morgan fingerprint density at radius 1 is 1.08 bits per heavy atom. The quantitative estimate of drug-likeness (QED) is 0.892. The number of para-hydroxylation sites is 2. The molecule has 2 aromatic rings. The molecule has 0 radical (unpaired) electrons. The molecule has 0 aromatic heterocycles. The highest BCUT2D eigenvalue weighted by atomic mass is 16.5. The van der Waals surface area contributed by atoms with Crippen molar-refractivity contribution >= 4 is 17.5 Å². The van der Waals surface area contributed by atoms with Crippen molar-refractivity contribution in [3.05, 3.63) is 60.2 Å². The first-order valence-corrected chi connectivity index (χ1v) is 9.03. The van der Waals surface area contributed by atoms with Gasteiger partial charge in [0, 0.05) is 18.3 Å². The van der Waals surface area contributed by atoms with Crippen LogP contribution in [-0.4, -0.2) is 35.9 Å². The molecule has 1 heterocycles. The second-order valence-electron chi connectivity index (χ2n) is 6.54. The summed E-state index contributed by atoms with van der Waals surface area (Å²) in [6.07, 6.45) is 3.22. The molecular formula is C21H24N2O3. The second-order valence-corrected chi connectivity index (χ2v) is 6.54.